The first-order valence-electron chi connectivity index (χ1n) is 8.03. The normalized spacial score (nSPS) is 12.2. The van der Waals surface area contributed by atoms with Crippen LogP contribution in [0.4, 0.5) is 0 Å². The lowest BCUT2D eigenvalue weighted by Crippen LogP contribution is -2.36. The van der Waals surface area contributed by atoms with Crippen LogP contribution in [0.25, 0.3) is 0 Å². The Hall–Kier alpha value is -1.58. The van der Waals surface area contributed by atoms with E-state index < -0.39 is 0 Å². The van der Waals surface area contributed by atoms with E-state index >= 15 is 0 Å². The summed E-state index contributed by atoms with van der Waals surface area (Å²) in [4.78, 5) is 26.9. The lowest BCUT2D eigenvalue weighted by Gasteiger charge is -2.14. The van der Waals surface area contributed by atoms with Gasteiger partial charge in [-0.3, -0.25) is 9.59 Å². The smallest absolute Gasteiger partial charge is 0.261 e. The monoisotopic (exact) mass is 292 g/mol. The summed E-state index contributed by atoms with van der Waals surface area (Å²) < 4.78 is 0. The summed E-state index contributed by atoms with van der Waals surface area (Å²) in [6, 6.07) is 1.81. The number of hydrogen-bond acceptors (Lipinski definition) is 2. The van der Waals surface area contributed by atoms with Crippen LogP contribution in [0.1, 0.15) is 74.5 Å². The van der Waals surface area contributed by atoms with Crippen molar-refractivity contribution in [2.75, 3.05) is 0 Å². The number of H-pyrrole nitrogens is 1. The molecule has 0 unspecified atom stereocenters. The van der Waals surface area contributed by atoms with Crippen molar-refractivity contribution in [2.45, 2.75) is 72.3 Å². The number of carbonyl (C=O) groups excluding carboxylic acids is 1. The summed E-state index contributed by atoms with van der Waals surface area (Å²) >= 11 is 0. The van der Waals surface area contributed by atoms with Gasteiger partial charge in [-0.15, -0.1) is 0 Å². The number of hydrogen-bond donors (Lipinski definition) is 2. The molecule has 1 amide bonds. The lowest BCUT2D eigenvalue weighted by atomic mass is 10.1. The average molecular weight is 292 g/mol. The van der Waals surface area contributed by atoms with E-state index in [4.69, 9.17) is 0 Å². The van der Waals surface area contributed by atoms with Crippen LogP contribution < -0.4 is 10.9 Å². The molecule has 1 heterocycles. The number of carbonyl (C=O) groups is 1. The molecule has 0 bridgehead atoms. The van der Waals surface area contributed by atoms with Crippen molar-refractivity contribution in [3.05, 3.63) is 33.2 Å². The van der Waals surface area contributed by atoms with E-state index in [0.717, 1.165) is 30.5 Å². The third-order valence-electron chi connectivity index (χ3n) is 3.84. The molecule has 2 N–H and O–H groups in total. The fourth-order valence-corrected chi connectivity index (χ4v) is 2.45. The zero-order valence-electron chi connectivity index (χ0n) is 13.7. The van der Waals surface area contributed by atoms with Crippen LogP contribution in [0, 0.1) is 6.92 Å². The third kappa shape index (κ3) is 5.37. The molecule has 1 rings (SSSR count). The Balaban J connectivity index is 2.65. The number of aromatic nitrogens is 1. The molecular formula is C17H28N2O2. The standard InChI is InChI=1S/C17H28N2O2/c1-5-7-8-9-10-12(3)18-16(20)15-11-14(6-2)13(4)19-17(15)21/h11-12H,5-10H2,1-4H3,(H,18,20)(H,19,21)/t12-/m0/s1. The topological polar surface area (TPSA) is 62.0 Å². The van der Waals surface area contributed by atoms with Crippen molar-refractivity contribution in [3.63, 3.8) is 0 Å². The van der Waals surface area contributed by atoms with Gasteiger partial charge in [0, 0.05) is 11.7 Å². The predicted molar refractivity (Wildman–Crippen MR) is 86.9 cm³/mol. The molecule has 0 saturated heterocycles. The third-order valence-corrected chi connectivity index (χ3v) is 3.84. The second-order valence-corrected chi connectivity index (χ2v) is 5.74. The molecule has 0 aliphatic rings. The predicted octanol–water partition coefficient (Wildman–Crippen LogP) is 3.33. The minimum atomic E-state index is -0.305. The van der Waals surface area contributed by atoms with Crippen molar-refractivity contribution in [1.29, 1.82) is 0 Å². The number of aromatic amines is 1. The molecule has 1 atom stereocenters. The molecule has 118 valence electrons. The zero-order chi connectivity index (χ0) is 15.8. The van der Waals surface area contributed by atoms with Gasteiger partial charge in [-0.1, -0.05) is 39.5 Å². The molecule has 21 heavy (non-hydrogen) atoms. The molecule has 0 fully saturated rings. The Bertz CT molecular complexity index is 520. The molecule has 1 aromatic rings. The summed E-state index contributed by atoms with van der Waals surface area (Å²) in [5.74, 6) is -0.269. The lowest BCUT2D eigenvalue weighted by molar-refractivity contribution is 0.0936. The Morgan fingerprint density at radius 3 is 2.62 bits per heavy atom. The van der Waals surface area contributed by atoms with E-state index in [1.807, 2.05) is 20.8 Å². The fourth-order valence-electron chi connectivity index (χ4n) is 2.45. The highest BCUT2D eigenvalue weighted by Crippen LogP contribution is 2.08. The second-order valence-electron chi connectivity index (χ2n) is 5.74. The first-order valence-corrected chi connectivity index (χ1v) is 8.03. The Kier molecular flexibility index (Phi) is 7.20. The number of amides is 1. The number of unbranched alkanes of at least 4 members (excludes halogenated alkanes) is 3. The highest BCUT2D eigenvalue weighted by Gasteiger charge is 2.14. The van der Waals surface area contributed by atoms with E-state index in [0.29, 0.717) is 0 Å². The maximum Gasteiger partial charge on any atom is 0.261 e. The van der Waals surface area contributed by atoms with Crippen LogP contribution in [0.15, 0.2) is 10.9 Å². The van der Waals surface area contributed by atoms with Crippen molar-refractivity contribution in [1.82, 2.24) is 10.3 Å². The highest BCUT2D eigenvalue weighted by molar-refractivity contribution is 5.94. The number of pyridine rings is 1. The number of nitrogens with one attached hydrogen (secondary N) is 2. The van der Waals surface area contributed by atoms with Gasteiger partial charge in [-0.05, 0) is 38.3 Å². The minimum Gasteiger partial charge on any atom is -0.349 e. The van der Waals surface area contributed by atoms with Crippen molar-refractivity contribution < 1.29 is 4.79 Å². The zero-order valence-corrected chi connectivity index (χ0v) is 13.7. The summed E-state index contributed by atoms with van der Waals surface area (Å²) in [6.07, 6.45) is 6.50. The average Bonchev–Trinajstić information content (AvgIpc) is 2.43. The van der Waals surface area contributed by atoms with Crippen LogP contribution in [-0.4, -0.2) is 16.9 Å². The fraction of sp³-hybridized carbons (Fsp3) is 0.647. The van der Waals surface area contributed by atoms with Gasteiger partial charge >= 0.3 is 0 Å². The molecular weight excluding hydrogens is 264 g/mol. The van der Waals surface area contributed by atoms with E-state index in [1.54, 1.807) is 6.07 Å². The summed E-state index contributed by atoms with van der Waals surface area (Å²) in [6.45, 7) is 8.05. The van der Waals surface area contributed by atoms with Crippen molar-refractivity contribution >= 4 is 5.91 Å². The van der Waals surface area contributed by atoms with Gasteiger partial charge in [0.15, 0.2) is 0 Å². The van der Waals surface area contributed by atoms with Gasteiger partial charge < -0.3 is 10.3 Å². The second kappa shape index (κ2) is 8.65. The first-order chi connectivity index (χ1) is 9.99. The minimum absolute atomic E-state index is 0.0973. The van der Waals surface area contributed by atoms with Gasteiger partial charge in [0.25, 0.3) is 11.5 Å². The maximum atomic E-state index is 12.2. The van der Waals surface area contributed by atoms with Crippen LogP contribution in [0.2, 0.25) is 0 Å². The largest absolute Gasteiger partial charge is 0.349 e. The molecule has 0 spiro atoms. The quantitative estimate of drug-likeness (QED) is 0.722. The van der Waals surface area contributed by atoms with Crippen molar-refractivity contribution in [3.8, 4) is 0 Å². The first kappa shape index (κ1) is 17.5. The van der Waals surface area contributed by atoms with Gasteiger partial charge in [-0.2, -0.15) is 0 Å². The molecule has 4 nitrogen and oxygen atoms in total. The SMILES string of the molecule is CCCCCC[C@H](C)NC(=O)c1cc(CC)c(C)[nH]c1=O. The molecule has 0 saturated carbocycles. The number of aryl methyl sites for hydroxylation is 2. The van der Waals surface area contributed by atoms with Crippen molar-refractivity contribution in [2.24, 2.45) is 0 Å². The van der Waals surface area contributed by atoms with Gasteiger partial charge in [0.1, 0.15) is 5.56 Å². The van der Waals surface area contributed by atoms with Gasteiger partial charge in [-0.25, -0.2) is 0 Å². The van der Waals surface area contributed by atoms with Gasteiger partial charge in [0.2, 0.25) is 0 Å². The molecule has 0 aliphatic carbocycles. The van der Waals surface area contributed by atoms with E-state index in [1.165, 1.54) is 19.3 Å². The molecule has 0 aliphatic heterocycles. The summed E-state index contributed by atoms with van der Waals surface area (Å²) in [5.41, 5.74) is 1.76. The molecule has 4 heteroatoms. The molecule has 0 radical (unpaired) electrons. The van der Waals surface area contributed by atoms with Crippen LogP contribution in [0.3, 0.4) is 0 Å². The Morgan fingerprint density at radius 2 is 2.00 bits per heavy atom. The highest BCUT2D eigenvalue weighted by atomic mass is 16.2. The summed E-state index contributed by atoms with van der Waals surface area (Å²) in [5, 5.41) is 2.93. The van der Waals surface area contributed by atoms with E-state index in [-0.39, 0.29) is 23.1 Å². The van der Waals surface area contributed by atoms with E-state index in [9.17, 15) is 9.59 Å². The van der Waals surface area contributed by atoms with Crippen LogP contribution in [-0.2, 0) is 6.42 Å². The summed E-state index contributed by atoms with van der Waals surface area (Å²) in [7, 11) is 0. The number of rotatable bonds is 8. The van der Waals surface area contributed by atoms with E-state index in [2.05, 4.69) is 17.2 Å². The maximum absolute atomic E-state index is 12.2. The van der Waals surface area contributed by atoms with Gasteiger partial charge in [0.05, 0.1) is 0 Å². The molecule has 0 aromatic carbocycles. The Labute approximate surface area is 127 Å². The molecule has 1 aromatic heterocycles. The van der Waals surface area contributed by atoms with Crippen LogP contribution in [0.5, 0.6) is 0 Å². The van der Waals surface area contributed by atoms with Crippen LogP contribution >= 0.6 is 0 Å². The Morgan fingerprint density at radius 1 is 1.29 bits per heavy atom.